The van der Waals surface area contributed by atoms with Crippen LogP contribution in [0.2, 0.25) is 0 Å². The summed E-state index contributed by atoms with van der Waals surface area (Å²) in [5, 5.41) is 0. The standard InChI is InChI=1S/C16H14BrNO/c1-18(15-10-8-14(17)9-11-15)16(19)12-7-13-5-3-2-4-6-13/h2-12H,1H3/b12-7+. The summed E-state index contributed by atoms with van der Waals surface area (Å²) >= 11 is 3.38. The van der Waals surface area contributed by atoms with Crippen molar-refractivity contribution in [1.29, 1.82) is 0 Å². The minimum absolute atomic E-state index is 0.0498. The van der Waals surface area contributed by atoms with Crippen molar-refractivity contribution in [1.82, 2.24) is 0 Å². The van der Waals surface area contributed by atoms with E-state index in [4.69, 9.17) is 0 Å². The summed E-state index contributed by atoms with van der Waals surface area (Å²) in [4.78, 5) is 13.6. The van der Waals surface area contributed by atoms with Gasteiger partial charge in [0.05, 0.1) is 0 Å². The second-order valence-electron chi connectivity index (χ2n) is 4.12. The van der Waals surface area contributed by atoms with Gasteiger partial charge in [-0.15, -0.1) is 0 Å². The first kappa shape index (κ1) is 13.6. The summed E-state index contributed by atoms with van der Waals surface area (Å²) in [7, 11) is 1.76. The molecule has 0 fully saturated rings. The molecule has 0 unspecified atom stereocenters. The first-order valence-electron chi connectivity index (χ1n) is 5.93. The van der Waals surface area contributed by atoms with E-state index in [1.807, 2.05) is 60.7 Å². The molecule has 1 amide bonds. The molecule has 0 aliphatic carbocycles. The Morgan fingerprint density at radius 2 is 1.68 bits per heavy atom. The van der Waals surface area contributed by atoms with Gasteiger partial charge in [-0.2, -0.15) is 0 Å². The Balaban J connectivity index is 2.07. The van der Waals surface area contributed by atoms with Crippen LogP contribution in [0.5, 0.6) is 0 Å². The number of likely N-dealkylation sites (N-methyl/N-ethyl adjacent to an activating group) is 1. The van der Waals surface area contributed by atoms with Crippen LogP contribution in [0.15, 0.2) is 65.1 Å². The van der Waals surface area contributed by atoms with Gasteiger partial charge in [0.1, 0.15) is 0 Å². The van der Waals surface area contributed by atoms with Crippen molar-refractivity contribution in [3.8, 4) is 0 Å². The number of benzene rings is 2. The minimum atomic E-state index is -0.0498. The number of amides is 1. The third kappa shape index (κ3) is 3.80. The van der Waals surface area contributed by atoms with Crippen LogP contribution in [0.1, 0.15) is 5.56 Å². The molecule has 0 saturated heterocycles. The van der Waals surface area contributed by atoms with Gasteiger partial charge in [0, 0.05) is 23.3 Å². The molecule has 2 aromatic rings. The molecule has 0 bridgehead atoms. The van der Waals surface area contributed by atoms with Crippen molar-refractivity contribution in [3.05, 3.63) is 70.7 Å². The molecule has 0 atom stereocenters. The summed E-state index contributed by atoms with van der Waals surface area (Å²) in [5.41, 5.74) is 1.88. The highest BCUT2D eigenvalue weighted by molar-refractivity contribution is 9.10. The van der Waals surface area contributed by atoms with E-state index in [0.29, 0.717) is 0 Å². The van der Waals surface area contributed by atoms with Crippen LogP contribution in [0.25, 0.3) is 6.08 Å². The molecule has 0 saturated carbocycles. The van der Waals surface area contributed by atoms with Crippen LogP contribution in [0.3, 0.4) is 0 Å². The molecular weight excluding hydrogens is 302 g/mol. The number of hydrogen-bond donors (Lipinski definition) is 0. The van der Waals surface area contributed by atoms with Crippen molar-refractivity contribution in [2.75, 3.05) is 11.9 Å². The number of halogens is 1. The van der Waals surface area contributed by atoms with E-state index < -0.39 is 0 Å². The largest absolute Gasteiger partial charge is 0.312 e. The number of carbonyl (C=O) groups excluding carboxylic acids is 1. The lowest BCUT2D eigenvalue weighted by molar-refractivity contribution is -0.113. The molecule has 0 radical (unpaired) electrons. The zero-order valence-electron chi connectivity index (χ0n) is 10.6. The number of rotatable bonds is 3. The third-order valence-corrected chi connectivity index (χ3v) is 3.29. The average Bonchev–Trinajstić information content (AvgIpc) is 2.46. The molecule has 2 rings (SSSR count). The molecule has 19 heavy (non-hydrogen) atoms. The van der Waals surface area contributed by atoms with Crippen molar-refractivity contribution in [3.63, 3.8) is 0 Å². The van der Waals surface area contributed by atoms with Crippen molar-refractivity contribution < 1.29 is 4.79 Å². The van der Waals surface area contributed by atoms with Crippen LogP contribution in [-0.4, -0.2) is 13.0 Å². The average molecular weight is 316 g/mol. The summed E-state index contributed by atoms with van der Waals surface area (Å²) < 4.78 is 0.997. The third-order valence-electron chi connectivity index (χ3n) is 2.76. The summed E-state index contributed by atoms with van der Waals surface area (Å²) in [6.07, 6.45) is 3.40. The summed E-state index contributed by atoms with van der Waals surface area (Å²) in [6, 6.07) is 17.4. The number of carbonyl (C=O) groups is 1. The van der Waals surface area contributed by atoms with E-state index in [-0.39, 0.29) is 5.91 Å². The van der Waals surface area contributed by atoms with Crippen LogP contribution in [0.4, 0.5) is 5.69 Å². The van der Waals surface area contributed by atoms with E-state index >= 15 is 0 Å². The first-order chi connectivity index (χ1) is 9.16. The zero-order valence-corrected chi connectivity index (χ0v) is 12.2. The molecule has 0 aromatic heterocycles. The van der Waals surface area contributed by atoms with E-state index in [0.717, 1.165) is 15.7 Å². The second-order valence-corrected chi connectivity index (χ2v) is 5.03. The van der Waals surface area contributed by atoms with Crippen molar-refractivity contribution in [2.24, 2.45) is 0 Å². The number of nitrogens with zero attached hydrogens (tertiary/aromatic N) is 1. The zero-order chi connectivity index (χ0) is 13.7. The highest BCUT2D eigenvalue weighted by atomic mass is 79.9. The normalized spacial score (nSPS) is 10.6. The number of hydrogen-bond acceptors (Lipinski definition) is 1. The molecule has 96 valence electrons. The fraction of sp³-hybridized carbons (Fsp3) is 0.0625. The van der Waals surface area contributed by atoms with Gasteiger partial charge in [-0.3, -0.25) is 4.79 Å². The Bertz CT molecular complexity index is 575. The molecule has 0 aliphatic heterocycles. The van der Waals surface area contributed by atoms with Crippen LogP contribution >= 0.6 is 15.9 Å². The topological polar surface area (TPSA) is 20.3 Å². The Hall–Kier alpha value is -1.87. The minimum Gasteiger partial charge on any atom is -0.312 e. The maximum atomic E-state index is 12.0. The lowest BCUT2D eigenvalue weighted by Crippen LogP contribution is -2.23. The molecule has 2 nitrogen and oxygen atoms in total. The Kier molecular flexibility index (Phi) is 4.53. The molecule has 0 heterocycles. The lowest BCUT2D eigenvalue weighted by Gasteiger charge is -2.15. The molecular formula is C16H14BrNO. The van der Waals surface area contributed by atoms with E-state index in [1.165, 1.54) is 0 Å². The van der Waals surface area contributed by atoms with Crippen LogP contribution in [0, 0.1) is 0 Å². The summed E-state index contributed by atoms with van der Waals surface area (Å²) in [6.45, 7) is 0. The van der Waals surface area contributed by atoms with Gasteiger partial charge in [-0.25, -0.2) is 0 Å². The Morgan fingerprint density at radius 1 is 1.05 bits per heavy atom. The van der Waals surface area contributed by atoms with Gasteiger partial charge in [0.25, 0.3) is 5.91 Å². The predicted molar refractivity (Wildman–Crippen MR) is 83.0 cm³/mol. The van der Waals surface area contributed by atoms with Gasteiger partial charge in [0.15, 0.2) is 0 Å². The smallest absolute Gasteiger partial charge is 0.250 e. The SMILES string of the molecule is CN(C(=O)/C=C/c1ccccc1)c1ccc(Br)cc1. The molecule has 0 N–H and O–H groups in total. The van der Waals surface area contributed by atoms with Crippen molar-refractivity contribution in [2.45, 2.75) is 0 Å². The fourth-order valence-electron chi connectivity index (χ4n) is 1.64. The Labute approximate surface area is 121 Å². The highest BCUT2D eigenvalue weighted by Gasteiger charge is 2.06. The monoisotopic (exact) mass is 315 g/mol. The van der Waals surface area contributed by atoms with Crippen molar-refractivity contribution >= 4 is 33.6 Å². The van der Waals surface area contributed by atoms with E-state index in [2.05, 4.69) is 15.9 Å². The molecule has 0 spiro atoms. The molecule has 2 aromatic carbocycles. The maximum Gasteiger partial charge on any atom is 0.250 e. The van der Waals surface area contributed by atoms with Gasteiger partial charge in [-0.05, 0) is 35.9 Å². The first-order valence-corrected chi connectivity index (χ1v) is 6.72. The van der Waals surface area contributed by atoms with Gasteiger partial charge in [-0.1, -0.05) is 46.3 Å². The van der Waals surface area contributed by atoms with Gasteiger partial charge >= 0.3 is 0 Å². The Morgan fingerprint density at radius 3 is 2.32 bits per heavy atom. The van der Waals surface area contributed by atoms with Gasteiger partial charge in [0.2, 0.25) is 0 Å². The quantitative estimate of drug-likeness (QED) is 0.780. The predicted octanol–water partition coefficient (Wildman–Crippen LogP) is 4.13. The summed E-state index contributed by atoms with van der Waals surface area (Å²) in [5.74, 6) is -0.0498. The number of anilines is 1. The van der Waals surface area contributed by atoms with E-state index in [9.17, 15) is 4.79 Å². The highest BCUT2D eigenvalue weighted by Crippen LogP contribution is 2.17. The second kappa shape index (κ2) is 6.34. The van der Waals surface area contributed by atoms with Crippen LogP contribution < -0.4 is 4.90 Å². The fourth-order valence-corrected chi connectivity index (χ4v) is 1.90. The maximum absolute atomic E-state index is 12.0. The van der Waals surface area contributed by atoms with E-state index in [1.54, 1.807) is 18.0 Å². The van der Waals surface area contributed by atoms with Gasteiger partial charge < -0.3 is 4.90 Å². The molecule has 3 heteroatoms. The van der Waals surface area contributed by atoms with Crippen LogP contribution in [-0.2, 0) is 4.79 Å². The lowest BCUT2D eigenvalue weighted by atomic mass is 10.2. The molecule has 0 aliphatic rings.